The third-order valence-electron chi connectivity index (χ3n) is 8.51. The maximum absolute atomic E-state index is 13.7. The van der Waals surface area contributed by atoms with E-state index in [0.717, 1.165) is 43.4 Å². The first-order chi connectivity index (χ1) is 18.0. The van der Waals surface area contributed by atoms with Gasteiger partial charge in [-0.3, -0.25) is 9.10 Å². The molecule has 6 rings (SSSR count). The first-order valence-corrected chi connectivity index (χ1v) is 14.9. The predicted octanol–water partition coefficient (Wildman–Crippen LogP) is 3.23. The molecule has 1 spiro atoms. The molecule has 0 unspecified atom stereocenters. The van der Waals surface area contributed by atoms with Crippen molar-refractivity contribution in [2.24, 2.45) is 0 Å². The fraction of sp³-hybridized carbons (Fsp3) is 0.519. The number of amides is 3. The van der Waals surface area contributed by atoms with Gasteiger partial charge in [0, 0.05) is 31.3 Å². The van der Waals surface area contributed by atoms with Gasteiger partial charge in [-0.1, -0.05) is 12.5 Å². The molecule has 1 aromatic carbocycles. The molecule has 1 atom stereocenters. The lowest BCUT2D eigenvalue weighted by atomic mass is 9.66. The molecule has 0 bridgehead atoms. The van der Waals surface area contributed by atoms with Crippen molar-refractivity contribution in [2.75, 3.05) is 40.5 Å². The summed E-state index contributed by atoms with van der Waals surface area (Å²) in [5, 5.41) is 3.37. The molecular weight excluding hydrogens is 506 g/mol. The highest BCUT2D eigenvalue weighted by Gasteiger charge is 2.53. The number of sulfonamides is 1. The summed E-state index contributed by atoms with van der Waals surface area (Å²) < 4.78 is 32.1. The van der Waals surface area contributed by atoms with E-state index in [1.165, 1.54) is 15.5 Å². The molecule has 38 heavy (non-hydrogen) atoms. The Morgan fingerprint density at radius 1 is 1.16 bits per heavy atom. The third-order valence-corrected chi connectivity index (χ3v) is 9.63. The molecular formula is C27H33N5O5S. The minimum absolute atomic E-state index is 0.168. The van der Waals surface area contributed by atoms with Crippen molar-refractivity contribution in [1.82, 2.24) is 9.88 Å². The van der Waals surface area contributed by atoms with Crippen molar-refractivity contribution in [3.05, 3.63) is 47.7 Å². The SMILES string of the molecule is CC1(C)C(=O)N(c2ccc3c(c2)N(S(C)(=O)=O)CC32CCC2)C(=O)N1Cc1ccnc(N[C@H]2CCOC2)c1. The average molecular weight is 540 g/mol. The van der Waals surface area contributed by atoms with Gasteiger partial charge in [0.25, 0.3) is 5.91 Å². The zero-order valence-corrected chi connectivity index (χ0v) is 22.8. The predicted molar refractivity (Wildman–Crippen MR) is 144 cm³/mol. The zero-order chi connectivity index (χ0) is 26.9. The lowest BCUT2D eigenvalue weighted by Gasteiger charge is -2.38. The molecule has 11 heteroatoms. The van der Waals surface area contributed by atoms with Crippen LogP contribution in [0.2, 0.25) is 0 Å². The van der Waals surface area contributed by atoms with Gasteiger partial charge < -0.3 is 15.0 Å². The van der Waals surface area contributed by atoms with Crippen LogP contribution in [0.1, 0.15) is 50.7 Å². The Kier molecular flexibility index (Phi) is 5.73. The van der Waals surface area contributed by atoms with E-state index in [4.69, 9.17) is 4.74 Å². The average Bonchev–Trinajstić information content (AvgIpc) is 3.51. The summed E-state index contributed by atoms with van der Waals surface area (Å²) in [6.45, 7) is 5.47. The number of hydrogen-bond acceptors (Lipinski definition) is 7. The van der Waals surface area contributed by atoms with Crippen molar-refractivity contribution in [1.29, 1.82) is 0 Å². The Bertz CT molecular complexity index is 1410. The second kappa shape index (κ2) is 8.67. The maximum Gasteiger partial charge on any atom is 0.332 e. The van der Waals surface area contributed by atoms with Gasteiger partial charge in [0.15, 0.2) is 0 Å². The fourth-order valence-corrected chi connectivity index (χ4v) is 7.10. The summed E-state index contributed by atoms with van der Waals surface area (Å²) in [6, 6.07) is 8.87. The zero-order valence-electron chi connectivity index (χ0n) is 21.9. The number of urea groups is 1. The molecule has 202 valence electrons. The Balaban J connectivity index is 1.29. The largest absolute Gasteiger partial charge is 0.379 e. The lowest BCUT2D eigenvalue weighted by molar-refractivity contribution is -0.123. The quantitative estimate of drug-likeness (QED) is 0.561. The van der Waals surface area contributed by atoms with Crippen LogP contribution in [0.3, 0.4) is 0 Å². The van der Waals surface area contributed by atoms with Gasteiger partial charge in [0.2, 0.25) is 10.0 Å². The van der Waals surface area contributed by atoms with Gasteiger partial charge in [-0.25, -0.2) is 23.1 Å². The summed E-state index contributed by atoms with van der Waals surface area (Å²) in [6.07, 6.45) is 6.73. The van der Waals surface area contributed by atoms with Crippen molar-refractivity contribution in [3.8, 4) is 0 Å². The summed E-state index contributed by atoms with van der Waals surface area (Å²) in [4.78, 5) is 34.5. The highest BCUT2D eigenvalue weighted by molar-refractivity contribution is 7.92. The monoisotopic (exact) mass is 539 g/mol. The van der Waals surface area contributed by atoms with E-state index in [-0.39, 0.29) is 23.9 Å². The van der Waals surface area contributed by atoms with Crippen LogP contribution in [-0.4, -0.2) is 67.8 Å². The number of benzene rings is 1. The van der Waals surface area contributed by atoms with Gasteiger partial charge in [-0.15, -0.1) is 0 Å². The van der Waals surface area contributed by atoms with Gasteiger partial charge in [0.05, 0.1) is 30.3 Å². The summed E-state index contributed by atoms with van der Waals surface area (Å²) in [7, 11) is -3.50. The first kappa shape index (κ1) is 25.1. The third kappa shape index (κ3) is 3.94. The van der Waals surface area contributed by atoms with E-state index in [2.05, 4.69) is 10.3 Å². The highest BCUT2D eigenvalue weighted by Crippen LogP contribution is 2.54. The van der Waals surface area contributed by atoms with Crippen LogP contribution < -0.4 is 14.5 Å². The fourth-order valence-electron chi connectivity index (χ4n) is 6.11. The number of imide groups is 1. The van der Waals surface area contributed by atoms with E-state index in [1.807, 2.05) is 18.2 Å². The topological polar surface area (TPSA) is 112 Å². The molecule has 3 amide bonds. The number of rotatable bonds is 6. The second-order valence-corrected chi connectivity index (χ2v) is 13.3. The number of fused-ring (bicyclic) bond motifs is 2. The van der Waals surface area contributed by atoms with Crippen molar-refractivity contribution >= 4 is 39.2 Å². The first-order valence-electron chi connectivity index (χ1n) is 13.1. The molecule has 1 N–H and O–H groups in total. The number of anilines is 3. The van der Waals surface area contributed by atoms with Crippen LogP contribution >= 0.6 is 0 Å². The van der Waals surface area contributed by atoms with Crippen molar-refractivity contribution in [3.63, 3.8) is 0 Å². The number of nitrogens with one attached hydrogen (secondary N) is 1. The number of hydrogen-bond donors (Lipinski definition) is 1. The molecule has 1 aromatic heterocycles. The molecule has 1 aliphatic carbocycles. The van der Waals surface area contributed by atoms with Gasteiger partial charge in [-0.05, 0) is 68.5 Å². The number of nitrogens with zero attached hydrogens (tertiary/aromatic N) is 4. The molecule has 4 aliphatic rings. The Hall–Kier alpha value is -3.18. The highest BCUT2D eigenvalue weighted by atomic mass is 32.2. The van der Waals surface area contributed by atoms with Gasteiger partial charge in [-0.2, -0.15) is 0 Å². The summed E-state index contributed by atoms with van der Waals surface area (Å²) >= 11 is 0. The lowest BCUT2D eigenvalue weighted by Crippen LogP contribution is -2.43. The molecule has 3 aliphatic heterocycles. The van der Waals surface area contributed by atoms with Crippen LogP contribution in [0.4, 0.5) is 22.0 Å². The van der Waals surface area contributed by atoms with E-state index < -0.39 is 21.6 Å². The van der Waals surface area contributed by atoms with E-state index in [0.29, 0.717) is 30.3 Å². The van der Waals surface area contributed by atoms with E-state index in [9.17, 15) is 18.0 Å². The molecule has 4 heterocycles. The molecule has 1 saturated carbocycles. The summed E-state index contributed by atoms with van der Waals surface area (Å²) in [5.74, 6) is 0.357. The minimum Gasteiger partial charge on any atom is -0.379 e. The maximum atomic E-state index is 13.7. The number of carbonyl (C=O) groups excluding carboxylic acids is 2. The molecule has 3 fully saturated rings. The van der Waals surface area contributed by atoms with Gasteiger partial charge >= 0.3 is 6.03 Å². The Labute approximate surface area is 223 Å². The van der Waals surface area contributed by atoms with Crippen molar-refractivity contribution < 1.29 is 22.7 Å². The Morgan fingerprint density at radius 2 is 1.95 bits per heavy atom. The standard InChI is InChI=1S/C27H33N5O5S/c1-26(2)24(33)32(20-5-6-21-22(14-20)31(38(3,35)36)17-27(21)9-4-10-27)25(34)30(26)15-18-7-11-28-23(13-18)29-19-8-12-37-16-19/h5-7,11,13-14,19H,4,8-10,12,15-17H2,1-3H3,(H,28,29)/t19-/m0/s1. The van der Waals surface area contributed by atoms with Crippen LogP contribution in [0.15, 0.2) is 36.5 Å². The molecule has 2 saturated heterocycles. The van der Waals surface area contributed by atoms with Gasteiger partial charge in [0.1, 0.15) is 11.4 Å². The second-order valence-electron chi connectivity index (χ2n) is 11.4. The smallest absolute Gasteiger partial charge is 0.332 e. The number of ether oxygens (including phenoxy) is 1. The number of carbonyl (C=O) groups is 2. The van der Waals surface area contributed by atoms with E-state index >= 15 is 0 Å². The number of aromatic nitrogens is 1. The number of pyridine rings is 1. The normalized spacial score (nSPS) is 23.8. The summed E-state index contributed by atoms with van der Waals surface area (Å²) in [5.41, 5.74) is 1.54. The van der Waals surface area contributed by atoms with Crippen LogP contribution in [-0.2, 0) is 31.5 Å². The van der Waals surface area contributed by atoms with Crippen LogP contribution in [0.25, 0.3) is 0 Å². The van der Waals surface area contributed by atoms with Crippen molar-refractivity contribution in [2.45, 2.75) is 63.1 Å². The van der Waals surface area contributed by atoms with E-state index in [1.54, 1.807) is 37.1 Å². The van der Waals surface area contributed by atoms with Crippen LogP contribution in [0.5, 0.6) is 0 Å². The molecule has 10 nitrogen and oxygen atoms in total. The molecule has 2 aromatic rings. The minimum atomic E-state index is -3.50. The van der Waals surface area contributed by atoms with Crippen LogP contribution in [0, 0.1) is 0 Å². The Morgan fingerprint density at radius 3 is 2.61 bits per heavy atom. The molecule has 0 radical (unpaired) electrons.